The number of benzene rings is 2. The molecule has 144 valence electrons. The molecule has 0 spiro atoms. The van der Waals surface area contributed by atoms with Gasteiger partial charge in [0, 0.05) is 5.56 Å². The Hall–Kier alpha value is -2.10. The Kier molecular flexibility index (Phi) is 6.26. The van der Waals surface area contributed by atoms with E-state index in [-0.39, 0.29) is 23.2 Å². The van der Waals surface area contributed by atoms with Crippen molar-refractivity contribution >= 4 is 37.8 Å². The van der Waals surface area contributed by atoms with Crippen LogP contribution in [-0.2, 0) is 9.53 Å². The minimum absolute atomic E-state index is 0.0563. The first-order valence-electron chi connectivity index (χ1n) is 8.78. The van der Waals surface area contributed by atoms with E-state index in [0.717, 1.165) is 3.39 Å². The fraction of sp³-hybridized carbons (Fsp3) is 0.273. The van der Waals surface area contributed by atoms with Gasteiger partial charge in [-0.25, -0.2) is 0 Å². The zero-order valence-corrected chi connectivity index (χ0v) is 18.6. The molecule has 0 unspecified atom stereocenters. The number of carbonyl (C=O) groups excluding carboxylic acids is 1. The van der Waals surface area contributed by atoms with E-state index in [4.69, 9.17) is 9.47 Å². The maximum atomic E-state index is 12.7. The average molecular weight is 505 g/mol. The number of esters is 1. The van der Waals surface area contributed by atoms with Crippen molar-refractivity contribution in [2.24, 2.45) is 17.3 Å². The number of nitrogens with zero attached hydrogens (tertiary/aromatic N) is 1. The van der Waals surface area contributed by atoms with Gasteiger partial charge in [-0.2, -0.15) is 5.26 Å². The normalized spacial score (nSPS) is 20.4. The summed E-state index contributed by atoms with van der Waals surface area (Å²) in [4.78, 5) is 12.7. The lowest BCUT2D eigenvalue weighted by Gasteiger charge is -2.13. The van der Waals surface area contributed by atoms with Gasteiger partial charge in [0.05, 0.1) is 9.31 Å². The monoisotopic (exact) mass is 503 g/mol. The summed E-state index contributed by atoms with van der Waals surface area (Å²) < 4.78 is 12.2. The zero-order chi connectivity index (χ0) is 20.3. The SMILES string of the molecule is CC1(C)[C@H](C(=O)O[C@@H](C#N)c2cccc(Oc3ccccc3)c2)[C@@H]1C=C(Br)Br. The molecule has 1 fully saturated rings. The Labute approximate surface area is 181 Å². The highest BCUT2D eigenvalue weighted by Crippen LogP contribution is 2.60. The predicted molar refractivity (Wildman–Crippen MR) is 114 cm³/mol. The van der Waals surface area contributed by atoms with E-state index < -0.39 is 6.10 Å². The third-order valence-electron chi connectivity index (χ3n) is 4.96. The lowest BCUT2D eigenvalue weighted by atomic mass is 10.1. The van der Waals surface area contributed by atoms with Crippen molar-refractivity contribution in [2.45, 2.75) is 20.0 Å². The zero-order valence-electron chi connectivity index (χ0n) is 15.4. The summed E-state index contributed by atoms with van der Waals surface area (Å²) in [7, 11) is 0. The second kappa shape index (κ2) is 8.50. The Bertz CT molecular complexity index is 930. The highest BCUT2D eigenvalue weighted by atomic mass is 79.9. The smallest absolute Gasteiger partial charge is 0.311 e. The van der Waals surface area contributed by atoms with Gasteiger partial charge in [-0.15, -0.1) is 0 Å². The molecule has 0 heterocycles. The Balaban J connectivity index is 1.72. The Morgan fingerprint density at radius 2 is 1.82 bits per heavy atom. The van der Waals surface area contributed by atoms with Gasteiger partial charge in [0.1, 0.15) is 17.6 Å². The summed E-state index contributed by atoms with van der Waals surface area (Å²) in [6.07, 6.45) is 0.960. The molecule has 0 aromatic heterocycles. The number of hydrogen-bond acceptors (Lipinski definition) is 4. The van der Waals surface area contributed by atoms with E-state index in [0.29, 0.717) is 17.1 Å². The van der Waals surface area contributed by atoms with Crippen molar-refractivity contribution < 1.29 is 14.3 Å². The molecule has 3 atom stereocenters. The van der Waals surface area contributed by atoms with Crippen LogP contribution in [-0.4, -0.2) is 5.97 Å². The molecule has 28 heavy (non-hydrogen) atoms. The summed E-state index contributed by atoms with van der Waals surface area (Å²) in [5, 5.41) is 9.56. The second-order valence-corrected chi connectivity index (χ2v) is 9.99. The van der Waals surface area contributed by atoms with E-state index >= 15 is 0 Å². The van der Waals surface area contributed by atoms with Crippen LogP contribution in [0, 0.1) is 28.6 Å². The van der Waals surface area contributed by atoms with Crippen LogP contribution < -0.4 is 4.74 Å². The fourth-order valence-corrected chi connectivity index (χ4v) is 3.87. The van der Waals surface area contributed by atoms with Gasteiger partial charge in [0.2, 0.25) is 6.10 Å². The van der Waals surface area contributed by atoms with E-state index in [1.54, 1.807) is 24.3 Å². The van der Waals surface area contributed by atoms with Gasteiger partial charge in [-0.1, -0.05) is 50.3 Å². The van der Waals surface area contributed by atoms with Crippen molar-refractivity contribution in [3.8, 4) is 17.6 Å². The molecule has 0 bridgehead atoms. The van der Waals surface area contributed by atoms with Crippen molar-refractivity contribution in [2.75, 3.05) is 0 Å². The number of halogens is 2. The van der Waals surface area contributed by atoms with Crippen molar-refractivity contribution in [3.05, 3.63) is 69.6 Å². The van der Waals surface area contributed by atoms with Crippen molar-refractivity contribution in [1.29, 1.82) is 5.26 Å². The van der Waals surface area contributed by atoms with Gasteiger partial charge in [-0.05, 0) is 67.5 Å². The maximum absolute atomic E-state index is 12.7. The van der Waals surface area contributed by atoms with Gasteiger partial charge in [0.15, 0.2) is 0 Å². The third kappa shape index (κ3) is 4.65. The minimum atomic E-state index is -0.986. The summed E-state index contributed by atoms with van der Waals surface area (Å²) in [6, 6.07) is 18.5. The van der Waals surface area contributed by atoms with E-state index in [1.807, 2.05) is 50.3 Å². The van der Waals surface area contributed by atoms with E-state index in [2.05, 4.69) is 37.9 Å². The quantitative estimate of drug-likeness (QED) is 0.422. The highest BCUT2D eigenvalue weighted by molar-refractivity contribution is 9.28. The molecule has 0 amide bonds. The van der Waals surface area contributed by atoms with Crippen molar-refractivity contribution in [3.63, 3.8) is 0 Å². The van der Waals surface area contributed by atoms with E-state index in [1.165, 1.54) is 0 Å². The Morgan fingerprint density at radius 1 is 1.14 bits per heavy atom. The van der Waals surface area contributed by atoms with Crippen LogP contribution in [0.2, 0.25) is 0 Å². The largest absolute Gasteiger partial charge is 0.457 e. The lowest BCUT2D eigenvalue weighted by Crippen LogP contribution is -2.14. The van der Waals surface area contributed by atoms with Crippen LogP contribution in [0.1, 0.15) is 25.5 Å². The maximum Gasteiger partial charge on any atom is 0.311 e. The molecule has 2 aromatic carbocycles. The molecule has 0 saturated heterocycles. The average Bonchev–Trinajstić information content (AvgIpc) is 3.20. The van der Waals surface area contributed by atoms with Gasteiger partial charge in [-0.3, -0.25) is 4.79 Å². The predicted octanol–water partition coefficient (Wildman–Crippen LogP) is 6.49. The lowest BCUT2D eigenvalue weighted by molar-refractivity contribution is -0.149. The molecular formula is C22H19Br2NO3. The van der Waals surface area contributed by atoms with Gasteiger partial charge < -0.3 is 9.47 Å². The molecule has 6 heteroatoms. The molecule has 4 nitrogen and oxygen atoms in total. The molecule has 0 radical (unpaired) electrons. The van der Waals surface area contributed by atoms with Crippen LogP contribution in [0.3, 0.4) is 0 Å². The number of hydrogen-bond donors (Lipinski definition) is 0. The number of carbonyl (C=O) groups is 1. The second-order valence-electron chi connectivity index (χ2n) is 7.21. The molecule has 3 rings (SSSR count). The van der Waals surface area contributed by atoms with Crippen LogP contribution in [0.5, 0.6) is 11.5 Å². The minimum Gasteiger partial charge on any atom is -0.457 e. The molecule has 1 aliphatic rings. The first kappa shape index (κ1) is 20.6. The number of ether oxygens (including phenoxy) is 2. The summed E-state index contributed by atoms with van der Waals surface area (Å²) in [6.45, 7) is 4.03. The summed E-state index contributed by atoms with van der Waals surface area (Å²) in [5.41, 5.74) is 0.374. The number of rotatable bonds is 6. The van der Waals surface area contributed by atoms with Crippen molar-refractivity contribution in [1.82, 2.24) is 0 Å². The number of allylic oxidation sites excluding steroid dienone is 1. The molecule has 1 saturated carbocycles. The Morgan fingerprint density at radius 3 is 2.46 bits per heavy atom. The third-order valence-corrected chi connectivity index (χ3v) is 5.49. The van der Waals surface area contributed by atoms with E-state index in [9.17, 15) is 10.1 Å². The molecule has 0 N–H and O–H groups in total. The number of nitriles is 1. The van der Waals surface area contributed by atoms with Crippen LogP contribution in [0.4, 0.5) is 0 Å². The number of para-hydroxylation sites is 1. The fourth-order valence-electron chi connectivity index (χ4n) is 3.30. The summed E-state index contributed by atoms with van der Waals surface area (Å²) in [5.74, 6) is 0.683. The van der Waals surface area contributed by atoms with Gasteiger partial charge >= 0.3 is 5.97 Å². The van der Waals surface area contributed by atoms with Gasteiger partial charge in [0.25, 0.3) is 0 Å². The molecular weight excluding hydrogens is 486 g/mol. The standard InChI is InChI=1S/C22H19Br2NO3/c1-22(2)17(12-19(23)24)20(22)21(26)28-18(13-25)14-7-6-10-16(11-14)27-15-8-4-3-5-9-15/h3-12,17-18,20H,1-2H3/t17-,18-,20-/m0/s1. The topological polar surface area (TPSA) is 59.3 Å². The van der Waals surface area contributed by atoms with Crippen LogP contribution in [0.25, 0.3) is 0 Å². The van der Waals surface area contributed by atoms with Crippen LogP contribution >= 0.6 is 31.9 Å². The first-order valence-corrected chi connectivity index (χ1v) is 10.4. The molecule has 0 aliphatic heterocycles. The highest BCUT2D eigenvalue weighted by Gasteiger charge is 2.61. The summed E-state index contributed by atoms with van der Waals surface area (Å²) >= 11 is 6.68. The molecule has 2 aromatic rings. The molecule has 1 aliphatic carbocycles. The van der Waals surface area contributed by atoms with Crippen LogP contribution in [0.15, 0.2) is 64.1 Å². The first-order chi connectivity index (χ1) is 13.3.